The van der Waals surface area contributed by atoms with E-state index in [9.17, 15) is 0 Å². The van der Waals surface area contributed by atoms with Crippen molar-refractivity contribution < 1.29 is 0 Å². The molecule has 96 valence electrons. The van der Waals surface area contributed by atoms with E-state index < -0.39 is 0 Å². The minimum Gasteiger partial charge on any atom is -0.300 e. The van der Waals surface area contributed by atoms with Gasteiger partial charge in [-0.1, -0.05) is 33.6 Å². The third-order valence-electron chi connectivity index (χ3n) is 3.69. The third kappa shape index (κ3) is 5.09. The largest absolute Gasteiger partial charge is 0.300 e. The molecule has 0 aliphatic heterocycles. The van der Waals surface area contributed by atoms with E-state index in [-0.39, 0.29) is 0 Å². The van der Waals surface area contributed by atoms with Gasteiger partial charge in [-0.05, 0) is 43.4 Å². The Morgan fingerprint density at radius 1 is 1.19 bits per heavy atom. The summed E-state index contributed by atoms with van der Waals surface area (Å²) in [7, 11) is 0. The van der Waals surface area contributed by atoms with Gasteiger partial charge in [0.2, 0.25) is 0 Å². The number of hydrogen-bond donors (Lipinski definition) is 1. The Bertz CT molecular complexity index is 176. The van der Waals surface area contributed by atoms with E-state index in [0.717, 1.165) is 23.6 Å². The fourth-order valence-corrected chi connectivity index (χ4v) is 2.69. The molecule has 1 aliphatic rings. The molecule has 0 aromatic rings. The second kappa shape index (κ2) is 7.60. The number of nitrogens with zero attached hydrogens (tertiary/aromatic N) is 1. The average Bonchev–Trinajstić information content (AvgIpc) is 2.76. The van der Waals surface area contributed by atoms with Crippen molar-refractivity contribution in [3.05, 3.63) is 0 Å². The maximum atomic E-state index is 4.41. The Hall–Kier alpha value is 0.310. The normalized spacial score (nSPS) is 19.9. The minimum absolute atomic E-state index is 0.732. The molecule has 1 unspecified atom stereocenters. The number of rotatable bonds is 7. The first-order valence-corrected chi connectivity index (χ1v) is 7.61. The van der Waals surface area contributed by atoms with Crippen LogP contribution >= 0.6 is 12.6 Å². The van der Waals surface area contributed by atoms with E-state index in [1.165, 1.54) is 45.2 Å². The van der Waals surface area contributed by atoms with Crippen LogP contribution in [-0.4, -0.2) is 29.8 Å². The summed E-state index contributed by atoms with van der Waals surface area (Å²) in [6, 6.07) is 0.876. The summed E-state index contributed by atoms with van der Waals surface area (Å²) in [4.78, 5) is 2.74. The van der Waals surface area contributed by atoms with E-state index in [0.29, 0.717) is 0 Å². The molecule has 0 aromatic carbocycles. The van der Waals surface area contributed by atoms with Gasteiger partial charge in [0.15, 0.2) is 0 Å². The average molecular weight is 243 g/mol. The van der Waals surface area contributed by atoms with Crippen molar-refractivity contribution in [3.63, 3.8) is 0 Å². The van der Waals surface area contributed by atoms with Gasteiger partial charge in [0.05, 0.1) is 0 Å². The van der Waals surface area contributed by atoms with Crippen molar-refractivity contribution in [3.8, 4) is 0 Å². The first-order valence-electron chi connectivity index (χ1n) is 6.98. The van der Waals surface area contributed by atoms with Gasteiger partial charge >= 0.3 is 0 Å². The van der Waals surface area contributed by atoms with E-state index in [4.69, 9.17) is 0 Å². The molecule has 1 atom stereocenters. The molecule has 0 radical (unpaired) electrons. The summed E-state index contributed by atoms with van der Waals surface area (Å²) in [6.45, 7) is 9.52. The molecule has 0 aromatic heterocycles. The van der Waals surface area contributed by atoms with Gasteiger partial charge in [0.25, 0.3) is 0 Å². The molecule has 0 heterocycles. The smallest absolute Gasteiger partial charge is 0.00953 e. The lowest BCUT2D eigenvalue weighted by Crippen LogP contribution is -2.38. The first-order chi connectivity index (χ1) is 7.63. The van der Waals surface area contributed by atoms with Crippen LogP contribution in [0.5, 0.6) is 0 Å². The van der Waals surface area contributed by atoms with Crippen molar-refractivity contribution >= 4 is 12.6 Å². The van der Waals surface area contributed by atoms with Crippen LogP contribution < -0.4 is 0 Å². The van der Waals surface area contributed by atoms with Crippen molar-refractivity contribution in [2.75, 3.05) is 18.8 Å². The van der Waals surface area contributed by atoms with E-state index >= 15 is 0 Å². The van der Waals surface area contributed by atoms with Crippen LogP contribution in [0.25, 0.3) is 0 Å². The highest BCUT2D eigenvalue weighted by molar-refractivity contribution is 7.80. The topological polar surface area (TPSA) is 3.24 Å². The highest BCUT2D eigenvalue weighted by atomic mass is 32.1. The van der Waals surface area contributed by atoms with Gasteiger partial charge < -0.3 is 4.90 Å². The Morgan fingerprint density at radius 3 is 2.31 bits per heavy atom. The predicted molar refractivity (Wildman–Crippen MR) is 76.3 cm³/mol. The monoisotopic (exact) mass is 243 g/mol. The van der Waals surface area contributed by atoms with Crippen LogP contribution in [0.4, 0.5) is 0 Å². The zero-order valence-electron chi connectivity index (χ0n) is 11.3. The molecule has 0 spiro atoms. The summed E-state index contributed by atoms with van der Waals surface area (Å²) < 4.78 is 0. The van der Waals surface area contributed by atoms with Crippen LogP contribution in [0, 0.1) is 11.8 Å². The van der Waals surface area contributed by atoms with Gasteiger partial charge in [-0.3, -0.25) is 0 Å². The molecule has 0 saturated heterocycles. The molecular weight excluding hydrogens is 214 g/mol. The zero-order valence-corrected chi connectivity index (χ0v) is 12.2. The van der Waals surface area contributed by atoms with Gasteiger partial charge in [0.1, 0.15) is 0 Å². The zero-order chi connectivity index (χ0) is 12.0. The van der Waals surface area contributed by atoms with Crippen LogP contribution in [0.15, 0.2) is 0 Å². The van der Waals surface area contributed by atoms with Crippen LogP contribution in [0.2, 0.25) is 0 Å². The summed E-state index contributed by atoms with van der Waals surface area (Å²) in [5, 5.41) is 0. The highest BCUT2D eigenvalue weighted by Gasteiger charge is 2.23. The fraction of sp³-hybridized carbons (Fsp3) is 1.00. The van der Waals surface area contributed by atoms with Crippen LogP contribution in [0.1, 0.15) is 52.9 Å². The van der Waals surface area contributed by atoms with Gasteiger partial charge in [-0.25, -0.2) is 0 Å². The van der Waals surface area contributed by atoms with E-state index in [1.807, 2.05) is 0 Å². The number of hydrogen-bond acceptors (Lipinski definition) is 2. The third-order valence-corrected chi connectivity index (χ3v) is 4.32. The molecular formula is C14H29NS. The fourth-order valence-electron chi connectivity index (χ4n) is 2.57. The molecule has 1 rings (SSSR count). The lowest BCUT2D eigenvalue weighted by molar-refractivity contribution is 0.169. The molecule has 0 N–H and O–H groups in total. The second-order valence-corrected chi connectivity index (χ2v) is 6.27. The molecule has 1 saturated carbocycles. The molecule has 0 amide bonds. The van der Waals surface area contributed by atoms with Gasteiger partial charge in [-0.15, -0.1) is 0 Å². The van der Waals surface area contributed by atoms with E-state index in [1.54, 1.807) is 0 Å². The summed E-state index contributed by atoms with van der Waals surface area (Å²) in [5.74, 6) is 2.58. The van der Waals surface area contributed by atoms with Crippen molar-refractivity contribution in [2.45, 2.75) is 58.9 Å². The quantitative estimate of drug-likeness (QED) is 0.665. The highest BCUT2D eigenvalue weighted by Crippen LogP contribution is 2.25. The Labute approximate surface area is 107 Å². The maximum Gasteiger partial charge on any atom is 0.00953 e. The Morgan fingerprint density at radius 2 is 1.81 bits per heavy atom. The summed E-state index contributed by atoms with van der Waals surface area (Å²) in [6.07, 6.45) is 7.08. The lowest BCUT2D eigenvalue weighted by Gasteiger charge is -2.31. The molecule has 1 fully saturated rings. The van der Waals surface area contributed by atoms with Gasteiger partial charge in [0, 0.05) is 12.6 Å². The minimum atomic E-state index is 0.732. The standard InChI is InChI=1S/C14H29NS/c1-12(2)8-9-15(10-13(3)11-16)14-6-4-5-7-14/h12-14,16H,4-11H2,1-3H3. The van der Waals surface area contributed by atoms with Gasteiger partial charge in [-0.2, -0.15) is 12.6 Å². The lowest BCUT2D eigenvalue weighted by atomic mass is 10.1. The van der Waals surface area contributed by atoms with Crippen molar-refractivity contribution in [1.82, 2.24) is 4.90 Å². The maximum absolute atomic E-state index is 4.41. The molecule has 1 aliphatic carbocycles. The Kier molecular flexibility index (Phi) is 6.83. The second-order valence-electron chi connectivity index (χ2n) is 5.90. The van der Waals surface area contributed by atoms with Crippen LogP contribution in [0.3, 0.4) is 0 Å². The van der Waals surface area contributed by atoms with E-state index in [2.05, 4.69) is 38.3 Å². The molecule has 1 nitrogen and oxygen atoms in total. The Balaban J connectivity index is 2.40. The predicted octanol–water partition coefficient (Wildman–Crippen LogP) is 3.84. The van der Waals surface area contributed by atoms with Crippen LogP contribution in [-0.2, 0) is 0 Å². The molecule has 2 heteroatoms. The number of thiol groups is 1. The first kappa shape index (κ1) is 14.4. The van der Waals surface area contributed by atoms with Crippen molar-refractivity contribution in [1.29, 1.82) is 0 Å². The summed E-state index contributed by atoms with van der Waals surface area (Å²) in [5.41, 5.74) is 0. The SMILES string of the molecule is CC(C)CCN(CC(C)CS)C1CCCC1. The molecule has 0 bridgehead atoms. The summed E-state index contributed by atoms with van der Waals surface area (Å²) >= 11 is 4.41. The van der Waals surface area contributed by atoms with Crippen molar-refractivity contribution in [2.24, 2.45) is 11.8 Å². The molecule has 16 heavy (non-hydrogen) atoms.